The Morgan fingerprint density at radius 1 is 1.03 bits per heavy atom. The molecule has 0 spiro atoms. The molecule has 4 aromatic rings. The smallest absolute Gasteiger partial charge is 0.341 e. The lowest BCUT2D eigenvalue weighted by Crippen LogP contribution is -2.10. The van der Waals surface area contributed by atoms with Gasteiger partial charge in [-0.3, -0.25) is 4.79 Å². The second-order valence-electron chi connectivity index (χ2n) is 8.90. The third-order valence-corrected chi connectivity index (χ3v) is 6.76. The van der Waals surface area contributed by atoms with E-state index in [-0.39, 0.29) is 5.78 Å². The number of benzene rings is 3. The van der Waals surface area contributed by atoms with Gasteiger partial charge in [-0.25, -0.2) is 4.79 Å². The van der Waals surface area contributed by atoms with Gasteiger partial charge in [-0.1, -0.05) is 54.6 Å². The van der Waals surface area contributed by atoms with Crippen molar-refractivity contribution in [3.8, 4) is 16.9 Å². The Kier molecular flexibility index (Phi) is 5.70. The summed E-state index contributed by atoms with van der Waals surface area (Å²) in [6, 6.07) is 20.6. The quantitative estimate of drug-likeness (QED) is 0.358. The average molecular weight is 454 g/mol. The zero-order valence-corrected chi connectivity index (χ0v) is 19.4. The van der Waals surface area contributed by atoms with Crippen LogP contribution in [0.4, 0.5) is 0 Å². The summed E-state index contributed by atoms with van der Waals surface area (Å²) in [5, 5.41) is 9.95. The highest BCUT2D eigenvalue weighted by atomic mass is 16.5. The number of ketones is 1. The van der Waals surface area contributed by atoms with Gasteiger partial charge >= 0.3 is 5.97 Å². The van der Waals surface area contributed by atoms with Gasteiger partial charge in [-0.05, 0) is 67.0 Å². The molecular weight excluding hydrogens is 426 g/mol. The Morgan fingerprint density at radius 2 is 1.76 bits per heavy atom. The van der Waals surface area contributed by atoms with Gasteiger partial charge < -0.3 is 14.4 Å². The molecule has 172 valence electrons. The number of aryl methyl sites for hydroxylation is 2. The normalized spacial score (nSPS) is 12.6. The fourth-order valence-electron chi connectivity index (χ4n) is 5.33. The molecular formula is C29H27NO4. The van der Waals surface area contributed by atoms with Crippen molar-refractivity contribution in [3.05, 3.63) is 88.6 Å². The number of hydrogen-bond acceptors (Lipinski definition) is 3. The number of carbonyl (C=O) groups excluding carboxylic acids is 1. The summed E-state index contributed by atoms with van der Waals surface area (Å²) >= 11 is 0. The van der Waals surface area contributed by atoms with Gasteiger partial charge in [-0.2, -0.15) is 0 Å². The van der Waals surface area contributed by atoms with Crippen molar-refractivity contribution in [2.75, 3.05) is 6.61 Å². The number of hydrogen-bond donors (Lipinski definition) is 1. The van der Waals surface area contributed by atoms with Crippen molar-refractivity contribution in [1.82, 2.24) is 4.57 Å². The van der Waals surface area contributed by atoms with Crippen LogP contribution in [0.2, 0.25) is 0 Å². The number of carboxylic acid groups (broad SMARTS) is 1. The molecule has 0 unspecified atom stereocenters. The van der Waals surface area contributed by atoms with Crippen LogP contribution < -0.4 is 4.74 Å². The number of Topliss-reactive ketones (excluding diaryl/α,β-unsaturated/α-hetero) is 1. The lowest BCUT2D eigenvalue weighted by molar-refractivity contribution is -0.139. The van der Waals surface area contributed by atoms with E-state index in [1.54, 1.807) is 6.92 Å². The molecule has 3 aromatic carbocycles. The Labute approximate surface area is 198 Å². The molecule has 5 heteroatoms. The Balaban J connectivity index is 1.74. The Hall–Kier alpha value is -3.86. The minimum Gasteiger partial charge on any atom is -0.481 e. The van der Waals surface area contributed by atoms with Gasteiger partial charge in [0.25, 0.3) is 0 Å². The van der Waals surface area contributed by atoms with Crippen molar-refractivity contribution in [2.24, 2.45) is 0 Å². The number of aliphatic carboxylic acids is 1. The summed E-state index contributed by atoms with van der Waals surface area (Å²) in [5.74, 6) is -0.594. The fraction of sp³-hybridized carbons (Fsp3) is 0.241. The third kappa shape index (κ3) is 3.77. The average Bonchev–Trinajstić information content (AvgIpc) is 3.41. The first kappa shape index (κ1) is 22.0. The highest BCUT2D eigenvalue weighted by molar-refractivity contribution is 6.12. The number of ether oxygens (including phenoxy) is 1. The van der Waals surface area contributed by atoms with Crippen LogP contribution in [0.5, 0.6) is 5.75 Å². The minimum atomic E-state index is -1.04. The SMILES string of the molecule is CC(=O)c1c(C)n(Cc2ccccc2-c2ccccc2)c2c3c(cc(OCC(=O)O)c12)CCC3. The predicted molar refractivity (Wildman–Crippen MR) is 133 cm³/mol. The van der Waals surface area contributed by atoms with Crippen LogP contribution in [0, 0.1) is 6.92 Å². The number of nitrogens with zero attached hydrogens (tertiary/aromatic N) is 1. The number of aromatic nitrogens is 1. The van der Waals surface area contributed by atoms with Crippen LogP contribution in [-0.4, -0.2) is 28.0 Å². The topological polar surface area (TPSA) is 68.5 Å². The van der Waals surface area contributed by atoms with E-state index in [4.69, 9.17) is 4.74 Å². The first-order valence-corrected chi connectivity index (χ1v) is 11.6. The maximum Gasteiger partial charge on any atom is 0.341 e. The molecule has 0 bridgehead atoms. The standard InChI is InChI=1S/C29H27NO4/c1-18-27(19(2)31)28-25(34-17-26(32)33)15-21-12-8-14-24(21)29(28)30(18)16-22-11-6-7-13-23(22)20-9-4-3-5-10-20/h3-7,9-11,13,15H,8,12,14,16-17H2,1-2H3,(H,32,33). The molecule has 0 atom stereocenters. The van der Waals surface area contributed by atoms with Crippen LogP contribution in [-0.2, 0) is 24.2 Å². The number of carbonyl (C=O) groups is 2. The second kappa shape index (κ2) is 8.82. The van der Waals surface area contributed by atoms with Crippen molar-refractivity contribution in [2.45, 2.75) is 39.7 Å². The lowest BCUT2D eigenvalue weighted by Gasteiger charge is -2.16. The monoisotopic (exact) mass is 453 g/mol. The van der Waals surface area contributed by atoms with E-state index in [1.807, 2.05) is 43.3 Å². The summed E-state index contributed by atoms with van der Waals surface area (Å²) in [7, 11) is 0. The van der Waals surface area contributed by atoms with Crippen molar-refractivity contribution in [1.29, 1.82) is 0 Å². The Bertz CT molecular complexity index is 1420. The van der Waals surface area contributed by atoms with E-state index in [2.05, 4.69) is 28.8 Å². The molecule has 5 nitrogen and oxygen atoms in total. The van der Waals surface area contributed by atoms with Gasteiger partial charge in [0, 0.05) is 17.8 Å². The number of fused-ring (bicyclic) bond motifs is 3. The van der Waals surface area contributed by atoms with Gasteiger partial charge in [0.2, 0.25) is 0 Å². The number of carboxylic acids is 1. The van der Waals surface area contributed by atoms with Gasteiger partial charge in [-0.15, -0.1) is 0 Å². The van der Waals surface area contributed by atoms with Gasteiger partial charge in [0.15, 0.2) is 12.4 Å². The molecule has 1 N–H and O–H groups in total. The maximum absolute atomic E-state index is 12.8. The first-order chi connectivity index (χ1) is 16.5. The molecule has 1 aromatic heterocycles. The van der Waals surface area contributed by atoms with Crippen LogP contribution in [0.25, 0.3) is 22.0 Å². The molecule has 1 heterocycles. The third-order valence-electron chi connectivity index (χ3n) is 6.76. The largest absolute Gasteiger partial charge is 0.481 e. The summed E-state index contributed by atoms with van der Waals surface area (Å²) in [6.45, 7) is 3.71. The molecule has 0 amide bonds. The minimum absolute atomic E-state index is 0.0456. The summed E-state index contributed by atoms with van der Waals surface area (Å²) in [4.78, 5) is 24.1. The van der Waals surface area contributed by atoms with Crippen LogP contribution in [0.1, 0.15) is 46.1 Å². The predicted octanol–water partition coefficient (Wildman–Crippen LogP) is 5.82. The zero-order chi connectivity index (χ0) is 23.8. The van der Waals surface area contributed by atoms with E-state index in [0.29, 0.717) is 17.9 Å². The van der Waals surface area contributed by atoms with Crippen LogP contribution >= 0.6 is 0 Å². The molecule has 0 fully saturated rings. The number of rotatable bonds is 7. The maximum atomic E-state index is 12.8. The molecule has 34 heavy (non-hydrogen) atoms. The van der Waals surface area contributed by atoms with Crippen LogP contribution in [0.15, 0.2) is 60.7 Å². The zero-order valence-electron chi connectivity index (χ0n) is 19.4. The Morgan fingerprint density at radius 3 is 2.50 bits per heavy atom. The lowest BCUT2D eigenvalue weighted by atomic mass is 9.99. The van der Waals surface area contributed by atoms with Crippen LogP contribution in [0.3, 0.4) is 0 Å². The molecule has 0 saturated heterocycles. The van der Waals surface area contributed by atoms with E-state index in [1.165, 1.54) is 11.1 Å². The second-order valence-corrected chi connectivity index (χ2v) is 8.90. The first-order valence-electron chi connectivity index (χ1n) is 11.6. The molecule has 1 aliphatic carbocycles. The molecule has 0 aliphatic heterocycles. The van der Waals surface area contributed by atoms with Crippen molar-refractivity contribution in [3.63, 3.8) is 0 Å². The van der Waals surface area contributed by atoms with E-state index in [0.717, 1.165) is 52.5 Å². The molecule has 1 aliphatic rings. The molecule has 5 rings (SSSR count). The van der Waals surface area contributed by atoms with E-state index in [9.17, 15) is 14.7 Å². The summed E-state index contributed by atoms with van der Waals surface area (Å²) in [5.41, 5.74) is 8.38. The van der Waals surface area contributed by atoms with E-state index >= 15 is 0 Å². The molecule has 0 radical (unpaired) electrons. The van der Waals surface area contributed by atoms with E-state index < -0.39 is 12.6 Å². The van der Waals surface area contributed by atoms with Crippen molar-refractivity contribution < 1.29 is 19.4 Å². The molecule has 0 saturated carbocycles. The van der Waals surface area contributed by atoms with Crippen molar-refractivity contribution >= 4 is 22.7 Å². The van der Waals surface area contributed by atoms with Gasteiger partial charge in [0.05, 0.1) is 10.9 Å². The summed E-state index contributed by atoms with van der Waals surface area (Å²) in [6.07, 6.45) is 2.90. The summed E-state index contributed by atoms with van der Waals surface area (Å²) < 4.78 is 7.97. The highest BCUT2D eigenvalue weighted by Gasteiger charge is 2.27. The van der Waals surface area contributed by atoms with Gasteiger partial charge in [0.1, 0.15) is 5.75 Å². The highest BCUT2D eigenvalue weighted by Crippen LogP contribution is 2.42. The fourth-order valence-corrected chi connectivity index (χ4v) is 5.33.